The molecule has 0 radical (unpaired) electrons. The Hall–Kier alpha value is -2.99. The number of hydrogen-bond donors (Lipinski definition) is 1. The molecule has 144 valence electrons. The molecule has 0 saturated carbocycles. The number of aromatic nitrogens is 1. The highest BCUT2D eigenvalue weighted by Gasteiger charge is 2.20. The van der Waals surface area contributed by atoms with Gasteiger partial charge in [0.2, 0.25) is 0 Å². The van der Waals surface area contributed by atoms with Crippen molar-refractivity contribution in [3.05, 3.63) is 81.3 Å². The lowest BCUT2D eigenvalue weighted by Gasteiger charge is -2.23. The van der Waals surface area contributed by atoms with Gasteiger partial charge in [-0.3, -0.25) is 9.36 Å². The van der Waals surface area contributed by atoms with Crippen molar-refractivity contribution in [2.45, 2.75) is 19.9 Å². The minimum atomic E-state index is -0.542. The normalized spacial score (nSPS) is 13.3. The van der Waals surface area contributed by atoms with Crippen LogP contribution in [-0.2, 0) is 13.0 Å². The molecular weight excluding hydrogens is 362 g/mol. The minimum absolute atomic E-state index is 0.225. The van der Waals surface area contributed by atoms with Gasteiger partial charge in [0, 0.05) is 42.9 Å². The summed E-state index contributed by atoms with van der Waals surface area (Å²) in [6.45, 7) is 3.14. The number of halogens is 2. The molecule has 0 atom stereocenters. The van der Waals surface area contributed by atoms with Crippen molar-refractivity contribution in [3.63, 3.8) is 0 Å². The number of ether oxygens (including phenoxy) is 1. The molecule has 0 saturated heterocycles. The van der Waals surface area contributed by atoms with Gasteiger partial charge in [-0.15, -0.1) is 0 Å². The van der Waals surface area contributed by atoms with Crippen molar-refractivity contribution in [1.29, 1.82) is 0 Å². The number of nitrogens with zero attached hydrogens (tertiary/aromatic N) is 1. The van der Waals surface area contributed by atoms with Crippen LogP contribution in [0, 0.1) is 18.6 Å². The van der Waals surface area contributed by atoms with Crippen LogP contribution in [0.25, 0.3) is 16.8 Å². The molecule has 3 aromatic rings. The molecule has 0 spiro atoms. The zero-order valence-electron chi connectivity index (χ0n) is 15.7. The highest BCUT2D eigenvalue weighted by atomic mass is 19.1. The molecule has 0 unspecified atom stereocenters. The lowest BCUT2D eigenvalue weighted by atomic mass is 10.0. The van der Waals surface area contributed by atoms with E-state index in [2.05, 4.69) is 5.32 Å². The first-order valence-electron chi connectivity index (χ1n) is 9.08. The first-order chi connectivity index (χ1) is 13.5. The van der Waals surface area contributed by atoms with E-state index in [9.17, 15) is 9.18 Å². The quantitative estimate of drug-likeness (QED) is 0.750. The number of aryl methyl sites for hydroxylation is 1. The Labute approximate surface area is 161 Å². The van der Waals surface area contributed by atoms with E-state index in [1.54, 1.807) is 19.1 Å². The summed E-state index contributed by atoms with van der Waals surface area (Å²) in [5, 5.41) is 3.26. The number of pyridine rings is 1. The van der Waals surface area contributed by atoms with Crippen molar-refractivity contribution in [2.24, 2.45) is 0 Å². The van der Waals surface area contributed by atoms with Gasteiger partial charge in [0.25, 0.3) is 5.56 Å². The molecule has 2 aromatic carbocycles. The fourth-order valence-corrected chi connectivity index (χ4v) is 3.74. The maximum absolute atomic E-state index is 15.1. The first-order valence-corrected chi connectivity index (χ1v) is 9.08. The Bertz CT molecular complexity index is 1100. The van der Waals surface area contributed by atoms with Crippen molar-refractivity contribution < 1.29 is 13.5 Å². The van der Waals surface area contributed by atoms with Gasteiger partial charge in [0.15, 0.2) is 0 Å². The SMILES string of the molecule is COc1cc(-c2cc(C)cc(F)c2)c(F)cc1-n1c2c(ccc1=O)CNCC2. The summed E-state index contributed by atoms with van der Waals surface area (Å²) >= 11 is 0. The third-order valence-corrected chi connectivity index (χ3v) is 5.00. The predicted octanol–water partition coefficient (Wildman–Crippen LogP) is 3.75. The Balaban J connectivity index is 1.94. The van der Waals surface area contributed by atoms with Crippen LogP contribution in [0.1, 0.15) is 16.8 Å². The van der Waals surface area contributed by atoms with Gasteiger partial charge in [-0.25, -0.2) is 8.78 Å². The van der Waals surface area contributed by atoms with Crippen molar-refractivity contribution in [2.75, 3.05) is 13.7 Å². The average molecular weight is 382 g/mol. The van der Waals surface area contributed by atoms with E-state index in [-0.39, 0.29) is 11.1 Å². The second kappa shape index (κ2) is 7.20. The molecule has 4 nitrogen and oxygen atoms in total. The smallest absolute Gasteiger partial charge is 0.255 e. The molecule has 1 aliphatic heterocycles. The summed E-state index contributed by atoms with van der Waals surface area (Å²) in [4.78, 5) is 12.6. The van der Waals surface area contributed by atoms with Crippen LogP contribution in [-0.4, -0.2) is 18.2 Å². The third-order valence-electron chi connectivity index (χ3n) is 5.00. The molecule has 0 amide bonds. The number of rotatable bonds is 3. The topological polar surface area (TPSA) is 43.3 Å². The van der Waals surface area contributed by atoms with Crippen molar-refractivity contribution >= 4 is 0 Å². The number of nitrogens with one attached hydrogen (secondary N) is 1. The van der Waals surface area contributed by atoms with E-state index in [0.717, 1.165) is 17.8 Å². The summed E-state index contributed by atoms with van der Waals surface area (Å²) in [6.07, 6.45) is 0.654. The van der Waals surface area contributed by atoms with E-state index >= 15 is 4.39 Å². The average Bonchev–Trinajstić information content (AvgIpc) is 2.67. The second-order valence-corrected chi connectivity index (χ2v) is 6.93. The van der Waals surface area contributed by atoms with Gasteiger partial charge in [-0.2, -0.15) is 0 Å². The number of benzene rings is 2. The molecule has 0 fully saturated rings. The van der Waals surface area contributed by atoms with Crippen LogP contribution in [0.15, 0.2) is 47.3 Å². The van der Waals surface area contributed by atoms with E-state index in [1.807, 2.05) is 0 Å². The minimum Gasteiger partial charge on any atom is -0.495 e. The zero-order valence-corrected chi connectivity index (χ0v) is 15.7. The van der Waals surface area contributed by atoms with Crippen LogP contribution < -0.4 is 15.6 Å². The van der Waals surface area contributed by atoms with Crippen LogP contribution in [0.3, 0.4) is 0 Å². The Morgan fingerprint density at radius 3 is 2.68 bits per heavy atom. The lowest BCUT2D eigenvalue weighted by molar-refractivity contribution is 0.411. The maximum atomic E-state index is 15.1. The molecule has 28 heavy (non-hydrogen) atoms. The van der Waals surface area contributed by atoms with E-state index < -0.39 is 11.6 Å². The zero-order chi connectivity index (χ0) is 19.8. The molecule has 0 bridgehead atoms. The van der Waals surface area contributed by atoms with E-state index in [1.165, 1.54) is 42.0 Å². The molecule has 6 heteroatoms. The number of hydrogen-bond acceptors (Lipinski definition) is 3. The summed E-state index contributed by atoms with van der Waals surface area (Å²) in [5.74, 6) is -0.620. The fourth-order valence-electron chi connectivity index (χ4n) is 3.74. The van der Waals surface area contributed by atoms with E-state index in [4.69, 9.17) is 4.74 Å². The lowest BCUT2D eigenvalue weighted by Crippen LogP contribution is -2.31. The third kappa shape index (κ3) is 3.20. The van der Waals surface area contributed by atoms with Gasteiger partial charge < -0.3 is 10.1 Å². The molecule has 1 aliphatic rings. The molecule has 1 N–H and O–H groups in total. The predicted molar refractivity (Wildman–Crippen MR) is 104 cm³/mol. The standard InChI is InChI=1S/C22H20F2N2O2/c1-13-7-15(9-16(23)8-13)17-10-21(28-2)20(11-18(17)24)26-19-5-6-25-12-14(19)3-4-22(26)27/h3-4,7-11,25H,5-6,12H2,1-2H3. The van der Waals surface area contributed by atoms with Crippen LogP contribution in [0.4, 0.5) is 8.78 Å². The molecule has 0 aliphatic carbocycles. The fraction of sp³-hybridized carbons (Fsp3) is 0.227. The molecular formula is C22H20F2N2O2. The van der Waals surface area contributed by atoms with Gasteiger partial charge in [-0.05, 0) is 41.8 Å². The summed E-state index contributed by atoms with van der Waals surface area (Å²) in [6, 6.07) is 10.5. The Morgan fingerprint density at radius 2 is 1.93 bits per heavy atom. The highest BCUT2D eigenvalue weighted by Crippen LogP contribution is 2.34. The van der Waals surface area contributed by atoms with Crippen LogP contribution >= 0.6 is 0 Å². The molecule has 4 rings (SSSR count). The number of methoxy groups -OCH3 is 1. The maximum Gasteiger partial charge on any atom is 0.255 e. The summed E-state index contributed by atoms with van der Waals surface area (Å²) in [5.41, 5.74) is 3.29. The second-order valence-electron chi connectivity index (χ2n) is 6.93. The van der Waals surface area contributed by atoms with E-state index in [0.29, 0.717) is 35.5 Å². The summed E-state index contributed by atoms with van der Waals surface area (Å²) < 4.78 is 35.9. The Morgan fingerprint density at radius 1 is 1.11 bits per heavy atom. The monoisotopic (exact) mass is 382 g/mol. The Kier molecular flexibility index (Phi) is 4.73. The number of fused-ring (bicyclic) bond motifs is 1. The first kappa shape index (κ1) is 18.4. The van der Waals surface area contributed by atoms with Gasteiger partial charge in [-0.1, -0.05) is 12.1 Å². The van der Waals surface area contributed by atoms with Crippen LogP contribution in [0.2, 0.25) is 0 Å². The molecule has 1 aromatic heterocycles. The highest BCUT2D eigenvalue weighted by molar-refractivity contribution is 5.70. The van der Waals surface area contributed by atoms with Gasteiger partial charge in [0.05, 0.1) is 12.8 Å². The van der Waals surface area contributed by atoms with Crippen molar-refractivity contribution in [1.82, 2.24) is 9.88 Å². The van der Waals surface area contributed by atoms with Gasteiger partial charge in [0.1, 0.15) is 17.4 Å². The molecule has 2 heterocycles. The largest absolute Gasteiger partial charge is 0.495 e. The summed E-state index contributed by atoms with van der Waals surface area (Å²) in [7, 11) is 1.47. The van der Waals surface area contributed by atoms with Gasteiger partial charge >= 0.3 is 0 Å². The van der Waals surface area contributed by atoms with Crippen molar-refractivity contribution in [3.8, 4) is 22.6 Å². The van der Waals surface area contributed by atoms with Crippen LogP contribution in [0.5, 0.6) is 5.75 Å².